The van der Waals surface area contributed by atoms with Crippen LogP contribution in [0.2, 0.25) is 0 Å². The van der Waals surface area contributed by atoms with Gasteiger partial charge < -0.3 is 15.1 Å². The van der Waals surface area contributed by atoms with Gasteiger partial charge in [-0.05, 0) is 37.9 Å². The lowest BCUT2D eigenvalue weighted by Crippen LogP contribution is -2.38. The molecule has 0 aromatic carbocycles. The summed E-state index contributed by atoms with van der Waals surface area (Å²) in [5.41, 5.74) is 5.48. The molecule has 1 amide bonds. The molecule has 2 rings (SSSR count). The number of furan rings is 1. The summed E-state index contributed by atoms with van der Waals surface area (Å²) in [5, 5.41) is 0. The fraction of sp³-hybridized carbons (Fsp3) is 0.643. The van der Waals surface area contributed by atoms with Crippen molar-refractivity contribution in [2.45, 2.75) is 51.1 Å². The third kappa shape index (κ3) is 3.35. The predicted molar refractivity (Wildman–Crippen MR) is 69.8 cm³/mol. The molecule has 4 heteroatoms. The van der Waals surface area contributed by atoms with Crippen molar-refractivity contribution < 1.29 is 9.21 Å². The van der Waals surface area contributed by atoms with Crippen molar-refractivity contribution in [3.8, 4) is 0 Å². The third-order valence-corrected chi connectivity index (χ3v) is 3.59. The van der Waals surface area contributed by atoms with Gasteiger partial charge in [0.25, 0.3) is 0 Å². The van der Waals surface area contributed by atoms with Crippen molar-refractivity contribution in [2.75, 3.05) is 6.54 Å². The molecule has 0 radical (unpaired) electrons. The zero-order valence-electron chi connectivity index (χ0n) is 10.8. The summed E-state index contributed by atoms with van der Waals surface area (Å²) >= 11 is 0. The Labute approximate surface area is 108 Å². The Morgan fingerprint density at radius 2 is 2.22 bits per heavy atom. The first-order valence-electron chi connectivity index (χ1n) is 6.83. The number of rotatable bonds is 6. The van der Waals surface area contributed by atoms with E-state index in [0.717, 1.165) is 25.0 Å². The van der Waals surface area contributed by atoms with Crippen LogP contribution in [0.25, 0.3) is 0 Å². The van der Waals surface area contributed by atoms with Gasteiger partial charge in [-0.25, -0.2) is 0 Å². The van der Waals surface area contributed by atoms with Gasteiger partial charge in [0.1, 0.15) is 5.76 Å². The molecule has 0 saturated heterocycles. The molecule has 1 heterocycles. The van der Waals surface area contributed by atoms with Crippen molar-refractivity contribution in [3.63, 3.8) is 0 Å². The van der Waals surface area contributed by atoms with E-state index in [9.17, 15) is 4.79 Å². The number of nitrogens with two attached hydrogens (primary N) is 1. The summed E-state index contributed by atoms with van der Waals surface area (Å²) in [5.74, 6) is 1.08. The Morgan fingerprint density at radius 1 is 1.44 bits per heavy atom. The minimum atomic E-state index is 0.212. The van der Waals surface area contributed by atoms with Gasteiger partial charge in [0.2, 0.25) is 5.91 Å². The topological polar surface area (TPSA) is 59.5 Å². The lowest BCUT2D eigenvalue weighted by atomic mass is 10.1. The van der Waals surface area contributed by atoms with E-state index in [1.54, 1.807) is 6.26 Å². The highest BCUT2D eigenvalue weighted by atomic mass is 16.3. The van der Waals surface area contributed by atoms with E-state index >= 15 is 0 Å². The highest BCUT2D eigenvalue weighted by Gasteiger charge is 2.26. The second-order valence-electron chi connectivity index (χ2n) is 4.93. The number of amides is 1. The minimum absolute atomic E-state index is 0.212. The molecule has 0 atom stereocenters. The number of carbonyl (C=O) groups excluding carboxylic acids is 1. The van der Waals surface area contributed by atoms with Crippen molar-refractivity contribution in [1.82, 2.24) is 4.90 Å². The van der Waals surface area contributed by atoms with Crippen LogP contribution < -0.4 is 5.73 Å². The molecule has 0 bridgehead atoms. The molecule has 100 valence electrons. The minimum Gasteiger partial charge on any atom is -0.467 e. The molecule has 0 unspecified atom stereocenters. The van der Waals surface area contributed by atoms with Gasteiger partial charge in [0, 0.05) is 12.5 Å². The molecular weight excluding hydrogens is 228 g/mol. The summed E-state index contributed by atoms with van der Waals surface area (Å²) in [7, 11) is 0. The second kappa shape index (κ2) is 6.59. The average Bonchev–Trinajstić information content (AvgIpc) is 3.05. The van der Waals surface area contributed by atoms with Gasteiger partial charge in [0.05, 0.1) is 12.8 Å². The van der Waals surface area contributed by atoms with Gasteiger partial charge in [-0.2, -0.15) is 0 Å². The largest absolute Gasteiger partial charge is 0.467 e. The van der Waals surface area contributed by atoms with Crippen molar-refractivity contribution in [1.29, 1.82) is 0 Å². The maximum atomic E-state index is 12.2. The Morgan fingerprint density at radius 3 is 2.83 bits per heavy atom. The van der Waals surface area contributed by atoms with Crippen molar-refractivity contribution >= 4 is 5.91 Å². The van der Waals surface area contributed by atoms with Crippen LogP contribution >= 0.6 is 0 Å². The van der Waals surface area contributed by atoms with Gasteiger partial charge in [-0.15, -0.1) is 0 Å². The van der Waals surface area contributed by atoms with Crippen LogP contribution in [-0.2, 0) is 11.3 Å². The molecular formula is C14H22N2O2. The fourth-order valence-corrected chi connectivity index (χ4v) is 2.60. The fourth-order valence-electron chi connectivity index (χ4n) is 2.60. The summed E-state index contributed by atoms with van der Waals surface area (Å²) in [6, 6.07) is 4.19. The van der Waals surface area contributed by atoms with E-state index in [1.807, 2.05) is 17.0 Å². The highest BCUT2D eigenvalue weighted by Crippen LogP contribution is 2.25. The Bertz CT molecular complexity index is 356. The van der Waals surface area contributed by atoms with Crippen LogP contribution in [0.4, 0.5) is 0 Å². The summed E-state index contributed by atoms with van der Waals surface area (Å²) < 4.78 is 5.36. The standard InChI is InChI=1S/C14H22N2O2/c15-9-3-8-14(17)16(12-5-1-2-6-12)11-13-7-4-10-18-13/h4,7,10,12H,1-3,5-6,8-9,11,15H2. The number of nitrogens with zero attached hydrogens (tertiary/aromatic N) is 1. The Kier molecular flexibility index (Phi) is 4.81. The first-order chi connectivity index (χ1) is 8.81. The molecule has 0 spiro atoms. The molecule has 0 aliphatic heterocycles. The monoisotopic (exact) mass is 250 g/mol. The smallest absolute Gasteiger partial charge is 0.223 e. The van der Waals surface area contributed by atoms with Gasteiger partial charge in [-0.1, -0.05) is 12.8 Å². The lowest BCUT2D eigenvalue weighted by Gasteiger charge is -2.28. The quantitative estimate of drug-likeness (QED) is 0.842. The van der Waals surface area contributed by atoms with E-state index < -0.39 is 0 Å². The van der Waals surface area contributed by atoms with Crippen LogP contribution in [0, 0.1) is 0 Å². The molecule has 1 aliphatic carbocycles. The Balaban J connectivity index is 1.99. The molecule has 1 aromatic rings. The normalized spacial score (nSPS) is 16.1. The third-order valence-electron chi connectivity index (χ3n) is 3.59. The molecule has 1 aliphatic rings. The van der Waals surface area contributed by atoms with E-state index in [2.05, 4.69) is 0 Å². The van der Waals surface area contributed by atoms with E-state index in [-0.39, 0.29) is 5.91 Å². The van der Waals surface area contributed by atoms with Crippen molar-refractivity contribution in [3.05, 3.63) is 24.2 Å². The van der Waals surface area contributed by atoms with Gasteiger partial charge >= 0.3 is 0 Å². The zero-order chi connectivity index (χ0) is 12.8. The summed E-state index contributed by atoms with van der Waals surface area (Å²) in [4.78, 5) is 14.2. The SMILES string of the molecule is NCCCC(=O)N(Cc1ccco1)C1CCCC1. The predicted octanol–water partition coefficient (Wildman–Crippen LogP) is 2.29. The molecule has 1 fully saturated rings. The van der Waals surface area contributed by atoms with Crippen molar-refractivity contribution in [2.24, 2.45) is 5.73 Å². The molecule has 1 aromatic heterocycles. The van der Waals surface area contributed by atoms with Gasteiger partial charge in [-0.3, -0.25) is 4.79 Å². The molecule has 2 N–H and O–H groups in total. The zero-order valence-corrected chi connectivity index (χ0v) is 10.8. The average molecular weight is 250 g/mol. The van der Waals surface area contributed by atoms with Crippen LogP contribution in [-0.4, -0.2) is 23.4 Å². The first kappa shape index (κ1) is 13.1. The maximum Gasteiger partial charge on any atom is 0.223 e. The molecule has 18 heavy (non-hydrogen) atoms. The maximum absolute atomic E-state index is 12.2. The number of carbonyl (C=O) groups is 1. The van der Waals surface area contributed by atoms with Crippen LogP contribution in [0.15, 0.2) is 22.8 Å². The highest BCUT2D eigenvalue weighted by molar-refractivity contribution is 5.76. The molecule has 1 saturated carbocycles. The van der Waals surface area contributed by atoms with Crippen LogP contribution in [0.3, 0.4) is 0 Å². The summed E-state index contributed by atoms with van der Waals surface area (Å²) in [6.07, 6.45) is 7.66. The van der Waals surface area contributed by atoms with Crippen LogP contribution in [0.5, 0.6) is 0 Å². The lowest BCUT2D eigenvalue weighted by molar-refractivity contribution is -0.134. The molecule has 4 nitrogen and oxygen atoms in total. The second-order valence-corrected chi connectivity index (χ2v) is 4.93. The van der Waals surface area contributed by atoms with Gasteiger partial charge in [0.15, 0.2) is 0 Å². The summed E-state index contributed by atoms with van der Waals surface area (Å²) in [6.45, 7) is 1.17. The van der Waals surface area contributed by atoms with E-state index in [1.165, 1.54) is 12.8 Å². The number of hydrogen-bond acceptors (Lipinski definition) is 3. The number of hydrogen-bond donors (Lipinski definition) is 1. The first-order valence-corrected chi connectivity index (χ1v) is 6.83. The Hall–Kier alpha value is -1.29. The van der Waals surface area contributed by atoms with Crippen LogP contribution in [0.1, 0.15) is 44.3 Å². The van der Waals surface area contributed by atoms with E-state index in [0.29, 0.717) is 25.6 Å². The van der Waals surface area contributed by atoms with E-state index in [4.69, 9.17) is 10.2 Å².